The zero-order valence-corrected chi connectivity index (χ0v) is 12.5. The van der Waals surface area contributed by atoms with Crippen molar-refractivity contribution < 1.29 is 14.7 Å². The molecule has 2 aromatic rings. The van der Waals surface area contributed by atoms with Crippen LogP contribution in [-0.4, -0.2) is 50.0 Å². The summed E-state index contributed by atoms with van der Waals surface area (Å²) in [4.78, 5) is 25.3. The predicted molar refractivity (Wildman–Crippen MR) is 80.4 cm³/mol. The molecule has 0 atom stereocenters. The molecule has 0 saturated carbocycles. The van der Waals surface area contributed by atoms with Crippen LogP contribution in [0.15, 0.2) is 24.4 Å². The number of nitrogens with zero attached hydrogens (tertiary/aromatic N) is 4. The van der Waals surface area contributed by atoms with E-state index in [9.17, 15) is 9.59 Å². The fourth-order valence-corrected chi connectivity index (χ4v) is 3.33. The first-order valence-electron chi connectivity index (χ1n) is 7.68. The SMILES string of the molecule is O=C(O)c1cn(C2CN(C(=O)c3cccc4c3CCC4)C2)nn1. The highest BCUT2D eigenvalue weighted by atomic mass is 16.4. The molecule has 1 saturated heterocycles. The summed E-state index contributed by atoms with van der Waals surface area (Å²) in [7, 11) is 0. The van der Waals surface area contributed by atoms with E-state index in [1.807, 2.05) is 12.1 Å². The van der Waals surface area contributed by atoms with Gasteiger partial charge < -0.3 is 10.0 Å². The number of aromatic carboxylic acids is 1. The van der Waals surface area contributed by atoms with E-state index < -0.39 is 5.97 Å². The van der Waals surface area contributed by atoms with Crippen LogP contribution in [0.4, 0.5) is 0 Å². The Bertz CT molecular complexity index is 792. The number of amides is 1. The first-order chi connectivity index (χ1) is 11.1. The van der Waals surface area contributed by atoms with Gasteiger partial charge in [0.1, 0.15) is 0 Å². The number of carboxylic acid groups (broad SMARTS) is 1. The van der Waals surface area contributed by atoms with E-state index in [4.69, 9.17) is 5.11 Å². The number of fused-ring (bicyclic) bond motifs is 1. The number of carbonyl (C=O) groups is 2. The molecule has 7 heteroatoms. The maximum absolute atomic E-state index is 12.7. The van der Waals surface area contributed by atoms with Gasteiger partial charge in [-0.05, 0) is 36.5 Å². The minimum Gasteiger partial charge on any atom is -0.476 e. The lowest BCUT2D eigenvalue weighted by molar-refractivity contribution is 0.0496. The van der Waals surface area contributed by atoms with E-state index in [0.29, 0.717) is 13.1 Å². The molecule has 0 spiro atoms. The quantitative estimate of drug-likeness (QED) is 0.919. The van der Waals surface area contributed by atoms with Gasteiger partial charge in [-0.1, -0.05) is 17.3 Å². The molecule has 1 aliphatic carbocycles. The molecule has 1 amide bonds. The van der Waals surface area contributed by atoms with Gasteiger partial charge >= 0.3 is 5.97 Å². The number of aryl methyl sites for hydroxylation is 1. The highest BCUT2D eigenvalue weighted by Crippen LogP contribution is 2.29. The lowest BCUT2D eigenvalue weighted by Crippen LogP contribution is -2.51. The molecule has 1 N–H and O–H groups in total. The maximum atomic E-state index is 12.7. The van der Waals surface area contributed by atoms with Crippen molar-refractivity contribution in [3.8, 4) is 0 Å². The van der Waals surface area contributed by atoms with Crippen LogP contribution in [0.3, 0.4) is 0 Å². The summed E-state index contributed by atoms with van der Waals surface area (Å²) in [6.45, 7) is 1.07. The molecule has 23 heavy (non-hydrogen) atoms. The van der Waals surface area contributed by atoms with Crippen LogP contribution in [0.1, 0.15) is 44.4 Å². The van der Waals surface area contributed by atoms with Crippen molar-refractivity contribution in [3.05, 3.63) is 46.8 Å². The van der Waals surface area contributed by atoms with Crippen LogP contribution in [-0.2, 0) is 12.8 Å². The number of carbonyl (C=O) groups excluding carboxylic acids is 1. The summed E-state index contributed by atoms with van der Waals surface area (Å²) in [6.07, 6.45) is 4.55. The van der Waals surface area contributed by atoms with Crippen LogP contribution in [0.2, 0.25) is 0 Å². The van der Waals surface area contributed by atoms with Crippen molar-refractivity contribution in [2.75, 3.05) is 13.1 Å². The Balaban J connectivity index is 1.46. The highest BCUT2D eigenvalue weighted by Gasteiger charge is 2.35. The monoisotopic (exact) mass is 312 g/mol. The van der Waals surface area contributed by atoms with Crippen LogP contribution in [0.25, 0.3) is 0 Å². The Morgan fingerprint density at radius 3 is 2.78 bits per heavy atom. The van der Waals surface area contributed by atoms with Crippen molar-refractivity contribution in [2.24, 2.45) is 0 Å². The first kappa shape index (κ1) is 13.9. The molecule has 2 aliphatic rings. The van der Waals surface area contributed by atoms with Gasteiger partial charge in [0.05, 0.1) is 12.2 Å². The van der Waals surface area contributed by atoms with E-state index >= 15 is 0 Å². The van der Waals surface area contributed by atoms with E-state index in [2.05, 4.69) is 16.4 Å². The van der Waals surface area contributed by atoms with Gasteiger partial charge in [-0.15, -0.1) is 5.10 Å². The van der Waals surface area contributed by atoms with Gasteiger partial charge in [-0.3, -0.25) is 4.79 Å². The number of aromatic nitrogens is 3. The van der Waals surface area contributed by atoms with Crippen LogP contribution < -0.4 is 0 Å². The van der Waals surface area contributed by atoms with Gasteiger partial charge in [-0.2, -0.15) is 0 Å². The molecule has 0 radical (unpaired) electrons. The molecular formula is C16H16N4O3. The normalized spacial score (nSPS) is 17.0. The molecule has 0 bridgehead atoms. The average Bonchev–Trinajstić information content (AvgIpc) is 3.14. The summed E-state index contributed by atoms with van der Waals surface area (Å²) in [5.41, 5.74) is 3.21. The topological polar surface area (TPSA) is 88.3 Å². The van der Waals surface area contributed by atoms with E-state index in [1.165, 1.54) is 22.0 Å². The van der Waals surface area contributed by atoms with Crippen LogP contribution in [0.5, 0.6) is 0 Å². The van der Waals surface area contributed by atoms with Crippen LogP contribution in [0, 0.1) is 0 Å². The smallest absolute Gasteiger partial charge is 0.358 e. The number of hydrogen-bond donors (Lipinski definition) is 1. The Kier molecular flexibility index (Phi) is 3.14. The zero-order chi connectivity index (χ0) is 16.0. The van der Waals surface area contributed by atoms with Crippen molar-refractivity contribution in [2.45, 2.75) is 25.3 Å². The molecule has 1 aromatic heterocycles. The molecule has 1 aliphatic heterocycles. The van der Waals surface area contributed by atoms with Crippen LogP contribution >= 0.6 is 0 Å². The Morgan fingerprint density at radius 2 is 2.04 bits per heavy atom. The fourth-order valence-electron chi connectivity index (χ4n) is 3.33. The molecule has 1 aromatic carbocycles. The summed E-state index contributed by atoms with van der Waals surface area (Å²) < 4.78 is 1.53. The van der Waals surface area contributed by atoms with Gasteiger partial charge in [-0.25, -0.2) is 9.48 Å². The number of benzene rings is 1. The molecule has 1 fully saturated rings. The van der Waals surface area contributed by atoms with E-state index in [0.717, 1.165) is 24.8 Å². The molecule has 2 heterocycles. The summed E-state index contributed by atoms with van der Waals surface area (Å²) in [6, 6.07) is 5.94. The van der Waals surface area contributed by atoms with Crippen molar-refractivity contribution in [3.63, 3.8) is 0 Å². The second-order valence-electron chi connectivity index (χ2n) is 6.05. The van der Waals surface area contributed by atoms with Crippen molar-refractivity contribution >= 4 is 11.9 Å². The maximum Gasteiger partial charge on any atom is 0.358 e. The molecular weight excluding hydrogens is 296 g/mol. The molecule has 7 nitrogen and oxygen atoms in total. The third-order valence-electron chi connectivity index (χ3n) is 4.63. The summed E-state index contributed by atoms with van der Waals surface area (Å²) in [5, 5.41) is 16.3. The zero-order valence-electron chi connectivity index (χ0n) is 12.5. The second-order valence-corrected chi connectivity index (χ2v) is 6.05. The predicted octanol–water partition coefficient (Wildman–Crippen LogP) is 1.16. The molecule has 0 unspecified atom stereocenters. The average molecular weight is 312 g/mol. The first-order valence-corrected chi connectivity index (χ1v) is 7.68. The van der Waals surface area contributed by atoms with Gasteiger partial charge in [0.15, 0.2) is 5.69 Å². The summed E-state index contributed by atoms with van der Waals surface area (Å²) >= 11 is 0. The molecule has 118 valence electrons. The van der Waals surface area contributed by atoms with Crippen molar-refractivity contribution in [1.82, 2.24) is 19.9 Å². The van der Waals surface area contributed by atoms with E-state index in [1.54, 1.807) is 4.90 Å². The number of rotatable bonds is 3. The highest BCUT2D eigenvalue weighted by molar-refractivity contribution is 5.96. The van der Waals surface area contributed by atoms with Gasteiger partial charge in [0.2, 0.25) is 0 Å². The van der Waals surface area contributed by atoms with Crippen molar-refractivity contribution in [1.29, 1.82) is 0 Å². The van der Waals surface area contributed by atoms with Gasteiger partial charge in [0.25, 0.3) is 5.91 Å². The van der Waals surface area contributed by atoms with Gasteiger partial charge in [0, 0.05) is 18.7 Å². The minimum absolute atomic E-state index is 0.00342. The van der Waals surface area contributed by atoms with E-state index in [-0.39, 0.29) is 17.6 Å². The third kappa shape index (κ3) is 2.28. The number of carboxylic acids is 1. The Morgan fingerprint density at radius 1 is 1.22 bits per heavy atom. The largest absolute Gasteiger partial charge is 0.476 e. The second kappa shape index (κ2) is 5.19. The third-order valence-corrected chi connectivity index (χ3v) is 4.63. The lowest BCUT2D eigenvalue weighted by atomic mass is 10.00. The Hall–Kier alpha value is -2.70. The number of likely N-dealkylation sites (tertiary alicyclic amines) is 1. The fraction of sp³-hybridized carbons (Fsp3) is 0.375. The Labute approximate surface area is 132 Å². The number of hydrogen-bond acceptors (Lipinski definition) is 4. The summed E-state index contributed by atoms with van der Waals surface area (Å²) in [5.74, 6) is -1.04. The lowest BCUT2D eigenvalue weighted by Gasteiger charge is -2.39. The standard InChI is InChI=1S/C16H16N4O3/c21-15(13-6-2-4-10-3-1-5-12(10)13)19-7-11(8-19)20-9-14(16(22)23)17-18-20/h2,4,6,9,11H,1,3,5,7-8H2,(H,22,23). The molecule has 4 rings (SSSR count). The minimum atomic E-state index is -1.09.